The van der Waals surface area contributed by atoms with Crippen LogP contribution in [0, 0.1) is 11.8 Å². The van der Waals surface area contributed by atoms with Gasteiger partial charge in [-0.2, -0.15) is 0 Å². The van der Waals surface area contributed by atoms with Crippen LogP contribution in [-0.2, 0) is 10.2 Å². The Morgan fingerprint density at radius 2 is 1.97 bits per heavy atom. The molecule has 0 saturated heterocycles. The van der Waals surface area contributed by atoms with Crippen LogP contribution in [0.4, 0.5) is 0 Å². The second kappa shape index (κ2) is 9.86. The molecule has 1 heterocycles. The van der Waals surface area contributed by atoms with Crippen LogP contribution in [0.3, 0.4) is 0 Å². The molecule has 0 radical (unpaired) electrons. The average Bonchev–Trinajstić information content (AvgIpc) is 2.74. The van der Waals surface area contributed by atoms with Gasteiger partial charge in [0, 0.05) is 23.1 Å². The molecule has 2 aromatic rings. The normalized spacial score (nSPS) is 15.1. The molecule has 0 fully saturated rings. The number of hydrogen-bond donors (Lipinski definition) is 2. The molecule has 3 rings (SSSR count). The van der Waals surface area contributed by atoms with Gasteiger partial charge in [-0.15, -0.1) is 0 Å². The summed E-state index contributed by atoms with van der Waals surface area (Å²) in [6, 6.07) is 9.83. The van der Waals surface area contributed by atoms with Crippen LogP contribution in [0.15, 0.2) is 36.4 Å². The maximum absolute atomic E-state index is 11.0. The predicted octanol–water partition coefficient (Wildman–Crippen LogP) is 3.95. The quantitative estimate of drug-likeness (QED) is 0.517. The van der Waals surface area contributed by atoms with Crippen LogP contribution in [0.5, 0.6) is 11.5 Å². The van der Waals surface area contributed by atoms with Crippen LogP contribution in [0.25, 0.3) is 0 Å². The van der Waals surface area contributed by atoms with Crippen LogP contribution in [0.2, 0.25) is 0 Å². The Morgan fingerprint density at radius 1 is 1.23 bits per heavy atom. The first-order valence-electron chi connectivity index (χ1n) is 10.4. The molecule has 0 spiro atoms. The second-order valence-electron chi connectivity index (χ2n) is 7.97. The summed E-state index contributed by atoms with van der Waals surface area (Å²) in [6.45, 7) is 8.34. The minimum atomic E-state index is -1.05. The molecule has 1 atom stereocenters. The van der Waals surface area contributed by atoms with Gasteiger partial charge in [-0.1, -0.05) is 25.7 Å². The highest BCUT2D eigenvalue weighted by Gasteiger charge is 2.33. The third-order valence-electron chi connectivity index (χ3n) is 5.24. The summed E-state index contributed by atoms with van der Waals surface area (Å²) in [4.78, 5) is 11.0. The molecule has 2 aromatic carbocycles. The van der Waals surface area contributed by atoms with Crippen molar-refractivity contribution in [3.63, 3.8) is 0 Å². The van der Waals surface area contributed by atoms with Gasteiger partial charge in [-0.05, 0) is 55.3 Å². The molecule has 0 amide bonds. The van der Waals surface area contributed by atoms with E-state index in [2.05, 4.69) is 25.7 Å². The molecule has 0 saturated carbocycles. The molecule has 6 nitrogen and oxygen atoms in total. The number of carboxylic acids is 1. The maximum atomic E-state index is 11.0. The van der Waals surface area contributed by atoms with Gasteiger partial charge in [-0.3, -0.25) is 0 Å². The molecule has 2 N–H and O–H groups in total. The summed E-state index contributed by atoms with van der Waals surface area (Å²) in [7, 11) is 0. The first-order chi connectivity index (χ1) is 14.8. The van der Waals surface area contributed by atoms with E-state index in [1.807, 2.05) is 19.1 Å². The molecule has 1 aliphatic heterocycles. The number of hydrogen-bond acceptors (Lipinski definition) is 5. The van der Waals surface area contributed by atoms with Crippen molar-refractivity contribution in [3.8, 4) is 23.3 Å². The fourth-order valence-corrected chi connectivity index (χ4v) is 3.49. The molecular weight excluding hydrogens is 396 g/mol. The molecule has 6 heteroatoms. The fourth-order valence-electron chi connectivity index (χ4n) is 3.49. The van der Waals surface area contributed by atoms with Gasteiger partial charge in [0.2, 0.25) is 0 Å². The third-order valence-corrected chi connectivity index (χ3v) is 5.24. The molecular formula is C25H28O6. The number of aliphatic hydroxyl groups excluding tert-OH is 1. The maximum Gasteiger partial charge on any atom is 0.335 e. The second-order valence-corrected chi connectivity index (χ2v) is 7.97. The van der Waals surface area contributed by atoms with Crippen molar-refractivity contribution >= 4 is 5.97 Å². The van der Waals surface area contributed by atoms with Crippen molar-refractivity contribution in [2.45, 2.75) is 38.7 Å². The highest BCUT2D eigenvalue weighted by molar-refractivity contribution is 5.87. The van der Waals surface area contributed by atoms with E-state index in [1.54, 1.807) is 12.1 Å². The van der Waals surface area contributed by atoms with Crippen LogP contribution in [0.1, 0.15) is 60.3 Å². The number of ether oxygens (including phenoxy) is 3. The zero-order chi connectivity index (χ0) is 22.4. The van der Waals surface area contributed by atoms with Crippen molar-refractivity contribution < 1.29 is 29.2 Å². The summed E-state index contributed by atoms with van der Waals surface area (Å²) in [5.74, 6) is 6.09. The summed E-state index contributed by atoms with van der Waals surface area (Å²) in [5.41, 5.74) is 2.26. The Bertz CT molecular complexity index is 982. The van der Waals surface area contributed by atoms with Crippen LogP contribution < -0.4 is 9.47 Å². The fraction of sp³-hybridized carbons (Fsp3) is 0.400. The van der Waals surface area contributed by atoms with Crippen molar-refractivity contribution in [2.24, 2.45) is 0 Å². The number of benzene rings is 2. The van der Waals surface area contributed by atoms with E-state index in [-0.39, 0.29) is 11.0 Å². The van der Waals surface area contributed by atoms with E-state index >= 15 is 0 Å². The Labute approximate surface area is 182 Å². The smallest absolute Gasteiger partial charge is 0.335 e. The summed E-state index contributed by atoms with van der Waals surface area (Å²) >= 11 is 0. The molecule has 1 unspecified atom stereocenters. The largest absolute Gasteiger partial charge is 0.493 e. The number of rotatable bonds is 7. The zero-order valence-corrected chi connectivity index (χ0v) is 18.1. The minimum absolute atomic E-state index is 0.115. The third kappa shape index (κ3) is 5.57. The lowest BCUT2D eigenvalue weighted by molar-refractivity contribution is 0.0697. The minimum Gasteiger partial charge on any atom is -0.493 e. The molecule has 1 aliphatic rings. The number of carboxylic acid groups (broad SMARTS) is 1. The highest BCUT2D eigenvalue weighted by atomic mass is 16.5. The van der Waals surface area contributed by atoms with Crippen molar-refractivity contribution in [1.29, 1.82) is 0 Å². The van der Waals surface area contributed by atoms with Crippen LogP contribution in [-0.4, -0.2) is 42.6 Å². The van der Waals surface area contributed by atoms with Crippen molar-refractivity contribution in [3.05, 3.63) is 58.7 Å². The molecule has 0 aliphatic carbocycles. The summed E-state index contributed by atoms with van der Waals surface area (Å²) < 4.78 is 17.3. The SMILES string of the molecule is CCOCCOc1cc(C(O)C#Cc2ccc(C(=O)O)cc2)cc2c1C(C)(C)CCO2. The van der Waals surface area contributed by atoms with Gasteiger partial charge in [0.1, 0.15) is 24.2 Å². The van der Waals surface area contributed by atoms with Crippen molar-refractivity contribution in [1.82, 2.24) is 0 Å². The molecule has 31 heavy (non-hydrogen) atoms. The lowest BCUT2D eigenvalue weighted by atomic mass is 9.78. The predicted molar refractivity (Wildman–Crippen MR) is 117 cm³/mol. The number of aliphatic hydroxyl groups is 1. The molecule has 164 valence electrons. The van der Waals surface area contributed by atoms with Gasteiger partial charge < -0.3 is 24.4 Å². The summed E-state index contributed by atoms with van der Waals surface area (Å²) in [6.07, 6.45) is -0.178. The Kier molecular flexibility index (Phi) is 7.21. The molecule has 0 bridgehead atoms. The topological polar surface area (TPSA) is 85.2 Å². The monoisotopic (exact) mass is 424 g/mol. The average molecular weight is 424 g/mol. The van der Waals surface area contributed by atoms with Gasteiger partial charge in [0.05, 0.1) is 18.8 Å². The van der Waals surface area contributed by atoms with E-state index in [1.165, 1.54) is 12.1 Å². The van der Waals surface area contributed by atoms with Gasteiger partial charge in [0.25, 0.3) is 0 Å². The van der Waals surface area contributed by atoms with E-state index in [0.29, 0.717) is 49.1 Å². The van der Waals surface area contributed by atoms with Gasteiger partial charge in [0.15, 0.2) is 0 Å². The van der Waals surface area contributed by atoms with Gasteiger partial charge in [-0.25, -0.2) is 4.79 Å². The van der Waals surface area contributed by atoms with E-state index in [9.17, 15) is 9.90 Å². The lowest BCUT2D eigenvalue weighted by Crippen LogP contribution is -2.28. The lowest BCUT2D eigenvalue weighted by Gasteiger charge is -2.34. The Balaban J connectivity index is 1.87. The standard InChI is InChI=1S/C25H28O6/c1-4-29-13-14-31-22-16-19(15-21-23(22)25(2,3)11-12-30-21)20(26)10-7-17-5-8-18(9-6-17)24(27)28/h5-6,8-9,15-16,20,26H,4,11-14H2,1-3H3,(H,27,28). The molecule has 0 aromatic heterocycles. The van der Waals surface area contributed by atoms with Crippen LogP contribution >= 0.6 is 0 Å². The Morgan fingerprint density at radius 3 is 2.65 bits per heavy atom. The number of aromatic carboxylic acids is 1. The van der Waals surface area contributed by atoms with E-state index in [4.69, 9.17) is 19.3 Å². The summed E-state index contributed by atoms with van der Waals surface area (Å²) in [5, 5.41) is 19.7. The first-order valence-corrected chi connectivity index (χ1v) is 10.4. The Hall–Kier alpha value is -3.01. The van der Waals surface area contributed by atoms with E-state index in [0.717, 1.165) is 12.0 Å². The van der Waals surface area contributed by atoms with Gasteiger partial charge >= 0.3 is 5.97 Å². The zero-order valence-electron chi connectivity index (χ0n) is 18.1. The number of carbonyl (C=O) groups is 1. The highest BCUT2D eigenvalue weighted by Crippen LogP contribution is 2.45. The number of fused-ring (bicyclic) bond motifs is 1. The van der Waals surface area contributed by atoms with E-state index < -0.39 is 12.1 Å². The first kappa shape index (κ1) is 22.7. The van der Waals surface area contributed by atoms with Crippen molar-refractivity contribution in [2.75, 3.05) is 26.4 Å².